The van der Waals surface area contributed by atoms with Gasteiger partial charge in [0.05, 0.1) is 4.47 Å². The maximum Gasteiger partial charge on any atom is 0.134 e. The number of aryl methyl sites for hydroxylation is 1. The van der Waals surface area contributed by atoms with Gasteiger partial charge in [-0.25, -0.2) is 0 Å². The lowest BCUT2D eigenvalue weighted by atomic mass is 10.3. The Morgan fingerprint density at radius 2 is 1.88 bits per heavy atom. The zero-order valence-electron chi connectivity index (χ0n) is 9.07. The van der Waals surface area contributed by atoms with Crippen LogP contribution >= 0.6 is 27.3 Å². The third kappa shape index (κ3) is 2.86. The summed E-state index contributed by atoms with van der Waals surface area (Å²) in [5.41, 5.74) is 0. The number of halogens is 1. The standard InChI is InChI=1S/C13H13BrOS/c1-2-10-7-8-11(16-10)9-15-13-6-4-3-5-12(13)14/h3-8H,2,9H2,1H3. The smallest absolute Gasteiger partial charge is 0.134 e. The molecule has 0 N–H and O–H groups in total. The number of ether oxygens (including phenoxy) is 1. The number of rotatable bonds is 4. The highest BCUT2D eigenvalue weighted by atomic mass is 79.9. The first-order valence-electron chi connectivity index (χ1n) is 5.24. The highest BCUT2D eigenvalue weighted by Gasteiger charge is 2.02. The van der Waals surface area contributed by atoms with Crippen LogP contribution in [0, 0.1) is 0 Å². The first-order chi connectivity index (χ1) is 7.79. The van der Waals surface area contributed by atoms with E-state index in [1.165, 1.54) is 9.75 Å². The summed E-state index contributed by atoms with van der Waals surface area (Å²) in [6.07, 6.45) is 1.10. The van der Waals surface area contributed by atoms with Gasteiger partial charge in [-0.05, 0) is 46.6 Å². The molecule has 0 radical (unpaired) electrons. The Labute approximate surface area is 108 Å². The van der Waals surface area contributed by atoms with E-state index in [2.05, 4.69) is 35.0 Å². The van der Waals surface area contributed by atoms with Crippen LogP contribution in [0.4, 0.5) is 0 Å². The second-order valence-corrected chi connectivity index (χ2v) is 5.55. The van der Waals surface area contributed by atoms with Gasteiger partial charge >= 0.3 is 0 Å². The Kier molecular flexibility index (Phi) is 4.02. The van der Waals surface area contributed by atoms with Crippen molar-refractivity contribution < 1.29 is 4.74 Å². The van der Waals surface area contributed by atoms with E-state index in [4.69, 9.17) is 4.74 Å². The van der Waals surface area contributed by atoms with Crippen molar-refractivity contribution in [2.75, 3.05) is 0 Å². The second-order valence-electron chi connectivity index (χ2n) is 3.44. The van der Waals surface area contributed by atoms with Crippen molar-refractivity contribution >= 4 is 27.3 Å². The Morgan fingerprint density at radius 1 is 1.12 bits per heavy atom. The molecule has 0 unspecified atom stereocenters. The van der Waals surface area contributed by atoms with E-state index in [0.29, 0.717) is 6.61 Å². The normalized spacial score (nSPS) is 10.4. The summed E-state index contributed by atoms with van der Waals surface area (Å²) in [5, 5.41) is 0. The molecule has 1 aromatic carbocycles. The molecule has 1 aromatic heterocycles. The van der Waals surface area contributed by atoms with Gasteiger partial charge in [-0.2, -0.15) is 0 Å². The van der Waals surface area contributed by atoms with E-state index in [0.717, 1.165) is 16.6 Å². The minimum Gasteiger partial charge on any atom is -0.487 e. The summed E-state index contributed by atoms with van der Waals surface area (Å²) >= 11 is 5.28. The van der Waals surface area contributed by atoms with Crippen LogP contribution in [0.15, 0.2) is 40.9 Å². The van der Waals surface area contributed by atoms with Gasteiger partial charge in [0.1, 0.15) is 12.4 Å². The Hall–Kier alpha value is -0.800. The molecule has 0 aliphatic heterocycles. The minimum atomic E-state index is 0.646. The van der Waals surface area contributed by atoms with E-state index in [-0.39, 0.29) is 0 Å². The number of hydrogen-bond donors (Lipinski definition) is 0. The molecule has 0 saturated heterocycles. The van der Waals surface area contributed by atoms with Gasteiger partial charge in [0, 0.05) is 9.75 Å². The molecule has 0 bridgehead atoms. The van der Waals surface area contributed by atoms with Crippen molar-refractivity contribution in [3.8, 4) is 5.75 Å². The summed E-state index contributed by atoms with van der Waals surface area (Å²) in [6, 6.07) is 12.2. The maximum absolute atomic E-state index is 5.74. The monoisotopic (exact) mass is 296 g/mol. The lowest BCUT2D eigenvalue weighted by molar-refractivity contribution is 0.308. The first kappa shape index (κ1) is 11.7. The van der Waals surface area contributed by atoms with Gasteiger partial charge in [-0.15, -0.1) is 11.3 Å². The maximum atomic E-state index is 5.74. The fourth-order valence-electron chi connectivity index (χ4n) is 1.40. The molecule has 2 aromatic rings. The van der Waals surface area contributed by atoms with Crippen LogP contribution < -0.4 is 4.74 Å². The number of thiophene rings is 1. The fraction of sp³-hybridized carbons (Fsp3) is 0.231. The van der Waals surface area contributed by atoms with Gasteiger partial charge in [0.25, 0.3) is 0 Å². The second kappa shape index (κ2) is 5.51. The van der Waals surface area contributed by atoms with Gasteiger partial charge in [0.15, 0.2) is 0 Å². The molecule has 3 heteroatoms. The molecule has 1 heterocycles. The summed E-state index contributed by atoms with van der Waals surface area (Å²) in [7, 11) is 0. The van der Waals surface area contributed by atoms with Crippen molar-refractivity contribution in [3.05, 3.63) is 50.6 Å². The number of benzene rings is 1. The summed E-state index contributed by atoms with van der Waals surface area (Å²) in [6.45, 7) is 2.82. The van der Waals surface area contributed by atoms with Crippen LogP contribution in [0.1, 0.15) is 16.7 Å². The summed E-state index contributed by atoms with van der Waals surface area (Å²) < 4.78 is 6.75. The predicted octanol–water partition coefficient (Wildman–Crippen LogP) is 4.65. The number of para-hydroxylation sites is 1. The molecule has 0 aliphatic carbocycles. The van der Waals surface area contributed by atoms with Crippen molar-refractivity contribution in [1.82, 2.24) is 0 Å². The molecule has 0 fully saturated rings. The van der Waals surface area contributed by atoms with Crippen molar-refractivity contribution in [2.45, 2.75) is 20.0 Å². The average Bonchev–Trinajstić information content (AvgIpc) is 2.76. The van der Waals surface area contributed by atoms with E-state index in [9.17, 15) is 0 Å². The molecular formula is C13H13BrOS. The van der Waals surface area contributed by atoms with Crippen LogP contribution in [0.5, 0.6) is 5.75 Å². The Bertz CT molecular complexity index is 464. The number of hydrogen-bond acceptors (Lipinski definition) is 2. The lowest BCUT2D eigenvalue weighted by Gasteiger charge is -2.05. The van der Waals surface area contributed by atoms with Crippen LogP contribution in [0.25, 0.3) is 0 Å². The molecule has 0 saturated carbocycles. The summed E-state index contributed by atoms with van der Waals surface area (Å²) in [4.78, 5) is 2.68. The third-order valence-electron chi connectivity index (χ3n) is 2.27. The molecular weight excluding hydrogens is 284 g/mol. The average molecular weight is 297 g/mol. The zero-order chi connectivity index (χ0) is 11.4. The minimum absolute atomic E-state index is 0.646. The molecule has 16 heavy (non-hydrogen) atoms. The first-order valence-corrected chi connectivity index (χ1v) is 6.85. The van der Waals surface area contributed by atoms with Gasteiger partial charge in [-0.3, -0.25) is 0 Å². The van der Waals surface area contributed by atoms with Gasteiger partial charge in [0.2, 0.25) is 0 Å². The van der Waals surface area contributed by atoms with Crippen LogP contribution in [0.3, 0.4) is 0 Å². The molecule has 1 nitrogen and oxygen atoms in total. The molecule has 2 rings (SSSR count). The van der Waals surface area contributed by atoms with E-state index in [1.807, 2.05) is 35.6 Å². The molecule has 0 amide bonds. The van der Waals surface area contributed by atoms with E-state index >= 15 is 0 Å². The topological polar surface area (TPSA) is 9.23 Å². The molecule has 84 valence electrons. The largest absolute Gasteiger partial charge is 0.487 e. The molecule has 0 aliphatic rings. The highest BCUT2D eigenvalue weighted by molar-refractivity contribution is 9.10. The predicted molar refractivity (Wildman–Crippen MR) is 72.2 cm³/mol. The Morgan fingerprint density at radius 3 is 2.56 bits per heavy atom. The fourth-order valence-corrected chi connectivity index (χ4v) is 2.67. The van der Waals surface area contributed by atoms with Crippen LogP contribution in [0.2, 0.25) is 0 Å². The van der Waals surface area contributed by atoms with Crippen LogP contribution in [-0.2, 0) is 13.0 Å². The lowest BCUT2D eigenvalue weighted by Crippen LogP contribution is -1.92. The van der Waals surface area contributed by atoms with Gasteiger partial charge in [-0.1, -0.05) is 19.1 Å². The van der Waals surface area contributed by atoms with E-state index < -0.39 is 0 Å². The molecule has 0 spiro atoms. The van der Waals surface area contributed by atoms with Gasteiger partial charge < -0.3 is 4.74 Å². The zero-order valence-corrected chi connectivity index (χ0v) is 11.5. The highest BCUT2D eigenvalue weighted by Crippen LogP contribution is 2.26. The van der Waals surface area contributed by atoms with Crippen LogP contribution in [-0.4, -0.2) is 0 Å². The quantitative estimate of drug-likeness (QED) is 0.798. The van der Waals surface area contributed by atoms with Crippen molar-refractivity contribution in [3.63, 3.8) is 0 Å². The van der Waals surface area contributed by atoms with E-state index in [1.54, 1.807) is 0 Å². The summed E-state index contributed by atoms with van der Waals surface area (Å²) in [5.74, 6) is 0.897. The SMILES string of the molecule is CCc1ccc(COc2ccccc2Br)s1. The third-order valence-corrected chi connectivity index (χ3v) is 4.13. The Balaban J connectivity index is 1.99. The van der Waals surface area contributed by atoms with Crippen molar-refractivity contribution in [2.24, 2.45) is 0 Å². The molecule has 0 atom stereocenters. The van der Waals surface area contributed by atoms with Crippen molar-refractivity contribution in [1.29, 1.82) is 0 Å².